The maximum Gasteiger partial charge on any atom is 0.114 e. The normalized spacial score (nSPS) is 11.0. The average molecular weight is 329 g/mol. The van der Waals surface area contributed by atoms with E-state index in [2.05, 4.69) is 21.8 Å². The number of aliphatic carboxylic acids is 1. The van der Waals surface area contributed by atoms with Crippen molar-refractivity contribution in [3.05, 3.63) is 71.7 Å². The minimum Gasteiger partial charge on any atom is -0.550 e. The SMILES string of the molecule is CC(C)(Cc1cccc2nc(C#Cc3ccccn3)ccc12)C(=O)[O-]. The lowest BCUT2D eigenvalue weighted by atomic mass is 9.84. The molecule has 0 bridgehead atoms. The molecular weight excluding hydrogens is 312 g/mol. The number of rotatable bonds is 3. The van der Waals surface area contributed by atoms with Gasteiger partial charge in [-0.2, -0.15) is 0 Å². The number of hydrogen-bond acceptors (Lipinski definition) is 4. The van der Waals surface area contributed by atoms with E-state index in [9.17, 15) is 9.90 Å². The average Bonchev–Trinajstić information content (AvgIpc) is 2.60. The molecule has 2 aromatic heterocycles. The van der Waals surface area contributed by atoms with E-state index in [4.69, 9.17) is 0 Å². The van der Waals surface area contributed by atoms with Crippen LogP contribution in [-0.2, 0) is 11.2 Å². The standard InChI is InChI=1S/C21H18N2O2/c1-21(2,20(24)25)14-15-6-5-8-19-18(15)12-11-17(23-19)10-9-16-7-3-4-13-22-16/h3-8,11-13H,14H2,1-2H3,(H,24,25)/p-1. The second kappa shape index (κ2) is 6.74. The predicted octanol–water partition coefficient (Wildman–Crippen LogP) is 2.35. The summed E-state index contributed by atoms with van der Waals surface area (Å²) in [5.74, 6) is 4.94. The zero-order chi connectivity index (χ0) is 17.9. The first-order chi connectivity index (χ1) is 12.0. The Morgan fingerprint density at radius 1 is 1.04 bits per heavy atom. The van der Waals surface area contributed by atoms with Crippen molar-refractivity contribution in [2.24, 2.45) is 5.41 Å². The number of fused-ring (bicyclic) bond motifs is 1. The Morgan fingerprint density at radius 3 is 2.56 bits per heavy atom. The fourth-order valence-corrected chi connectivity index (χ4v) is 2.56. The molecule has 0 aliphatic heterocycles. The van der Waals surface area contributed by atoms with Crippen molar-refractivity contribution < 1.29 is 9.90 Å². The highest BCUT2D eigenvalue weighted by Crippen LogP contribution is 2.26. The van der Waals surface area contributed by atoms with Crippen LogP contribution in [0.4, 0.5) is 0 Å². The summed E-state index contributed by atoms with van der Waals surface area (Å²) in [6, 6.07) is 15.1. The Hall–Kier alpha value is -3.19. The van der Waals surface area contributed by atoms with Crippen molar-refractivity contribution in [3.8, 4) is 11.8 Å². The lowest BCUT2D eigenvalue weighted by Gasteiger charge is -2.26. The molecule has 0 radical (unpaired) electrons. The van der Waals surface area contributed by atoms with Crippen molar-refractivity contribution in [2.45, 2.75) is 20.3 Å². The van der Waals surface area contributed by atoms with Gasteiger partial charge in [-0.3, -0.25) is 0 Å². The maximum atomic E-state index is 11.3. The number of carbonyl (C=O) groups is 1. The van der Waals surface area contributed by atoms with Crippen molar-refractivity contribution in [2.75, 3.05) is 0 Å². The Morgan fingerprint density at radius 2 is 1.84 bits per heavy atom. The highest BCUT2D eigenvalue weighted by molar-refractivity contribution is 5.84. The van der Waals surface area contributed by atoms with Crippen molar-refractivity contribution >= 4 is 16.9 Å². The third-order valence-electron chi connectivity index (χ3n) is 3.99. The van der Waals surface area contributed by atoms with Gasteiger partial charge in [0.15, 0.2) is 0 Å². The lowest BCUT2D eigenvalue weighted by Crippen LogP contribution is -2.39. The number of carboxylic acids is 1. The van der Waals surface area contributed by atoms with Crippen LogP contribution in [0.2, 0.25) is 0 Å². The molecule has 0 saturated heterocycles. The van der Waals surface area contributed by atoms with Crippen molar-refractivity contribution in [1.82, 2.24) is 9.97 Å². The van der Waals surface area contributed by atoms with Crippen molar-refractivity contribution in [3.63, 3.8) is 0 Å². The number of nitrogens with zero attached hydrogens (tertiary/aromatic N) is 2. The van der Waals surface area contributed by atoms with Gasteiger partial charge in [-0.1, -0.05) is 32.0 Å². The predicted molar refractivity (Wildman–Crippen MR) is 94.5 cm³/mol. The van der Waals surface area contributed by atoms with Crippen LogP contribution in [0.3, 0.4) is 0 Å². The van der Waals surface area contributed by atoms with E-state index in [0.29, 0.717) is 17.8 Å². The highest BCUT2D eigenvalue weighted by atomic mass is 16.4. The molecule has 3 aromatic rings. The van der Waals surface area contributed by atoms with Crippen LogP contribution < -0.4 is 5.11 Å². The van der Waals surface area contributed by atoms with Crippen LogP contribution in [0, 0.1) is 17.3 Å². The first kappa shape index (κ1) is 16.7. The van der Waals surface area contributed by atoms with E-state index < -0.39 is 11.4 Å². The number of benzene rings is 1. The minimum absolute atomic E-state index is 0.382. The third-order valence-corrected chi connectivity index (χ3v) is 3.99. The molecule has 0 fully saturated rings. The van der Waals surface area contributed by atoms with E-state index in [1.807, 2.05) is 48.5 Å². The molecule has 0 atom stereocenters. The number of carbonyl (C=O) groups excluding carboxylic acids is 1. The fraction of sp³-hybridized carbons (Fsp3) is 0.190. The minimum atomic E-state index is -1.06. The number of aromatic nitrogens is 2. The van der Waals surface area contributed by atoms with E-state index >= 15 is 0 Å². The van der Waals surface area contributed by atoms with Crippen LogP contribution in [0.5, 0.6) is 0 Å². The molecule has 0 unspecified atom stereocenters. The topological polar surface area (TPSA) is 65.9 Å². The van der Waals surface area contributed by atoms with Gasteiger partial charge in [-0.15, -0.1) is 0 Å². The molecule has 0 N–H and O–H groups in total. The summed E-state index contributed by atoms with van der Waals surface area (Å²) in [4.78, 5) is 20.0. The molecular formula is C21H17N2O2-. The largest absolute Gasteiger partial charge is 0.550 e. The molecule has 25 heavy (non-hydrogen) atoms. The van der Waals surface area contributed by atoms with Gasteiger partial charge in [0.1, 0.15) is 11.4 Å². The van der Waals surface area contributed by atoms with E-state index in [-0.39, 0.29) is 0 Å². The first-order valence-corrected chi connectivity index (χ1v) is 7.99. The second-order valence-corrected chi connectivity index (χ2v) is 6.49. The van der Waals surface area contributed by atoms with Gasteiger partial charge in [0.05, 0.1) is 5.52 Å². The third kappa shape index (κ3) is 3.84. The fourth-order valence-electron chi connectivity index (χ4n) is 2.56. The molecule has 1 aromatic carbocycles. The summed E-state index contributed by atoms with van der Waals surface area (Å²) in [6.07, 6.45) is 2.08. The summed E-state index contributed by atoms with van der Waals surface area (Å²) in [5.41, 5.74) is 2.12. The molecule has 0 saturated carbocycles. The summed E-state index contributed by atoms with van der Waals surface area (Å²) < 4.78 is 0. The van der Waals surface area contributed by atoms with Crippen LogP contribution in [0.15, 0.2) is 54.7 Å². The highest BCUT2D eigenvalue weighted by Gasteiger charge is 2.21. The Balaban J connectivity index is 1.95. The van der Waals surface area contributed by atoms with Crippen LogP contribution >= 0.6 is 0 Å². The van der Waals surface area contributed by atoms with E-state index in [1.54, 1.807) is 20.0 Å². The number of hydrogen-bond donors (Lipinski definition) is 0. The van der Waals surface area contributed by atoms with E-state index in [0.717, 1.165) is 16.5 Å². The van der Waals surface area contributed by atoms with Crippen LogP contribution in [0.25, 0.3) is 10.9 Å². The van der Waals surface area contributed by atoms with Gasteiger partial charge in [0.2, 0.25) is 0 Å². The van der Waals surface area contributed by atoms with Gasteiger partial charge in [-0.25, -0.2) is 9.97 Å². The zero-order valence-corrected chi connectivity index (χ0v) is 14.1. The smallest absolute Gasteiger partial charge is 0.114 e. The van der Waals surface area contributed by atoms with Gasteiger partial charge in [0, 0.05) is 23.0 Å². The Kier molecular flexibility index (Phi) is 4.49. The quantitative estimate of drug-likeness (QED) is 0.692. The molecule has 0 spiro atoms. The molecule has 4 heteroatoms. The lowest BCUT2D eigenvalue weighted by molar-refractivity contribution is -0.317. The molecule has 2 heterocycles. The summed E-state index contributed by atoms with van der Waals surface area (Å²) in [6.45, 7) is 3.34. The maximum absolute atomic E-state index is 11.3. The van der Waals surface area contributed by atoms with Crippen molar-refractivity contribution in [1.29, 1.82) is 0 Å². The molecule has 124 valence electrons. The monoisotopic (exact) mass is 329 g/mol. The molecule has 0 amide bonds. The molecule has 0 aliphatic carbocycles. The summed E-state index contributed by atoms with van der Waals surface area (Å²) in [7, 11) is 0. The Bertz CT molecular complexity index is 983. The summed E-state index contributed by atoms with van der Waals surface area (Å²) >= 11 is 0. The number of pyridine rings is 2. The number of carboxylic acid groups (broad SMARTS) is 1. The van der Waals surface area contributed by atoms with Gasteiger partial charge in [0.25, 0.3) is 0 Å². The van der Waals surface area contributed by atoms with E-state index in [1.165, 1.54) is 0 Å². The van der Waals surface area contributed by atoms with Crippen LogP contribution in [-0.4, -0.2) is 15.9 Å². The summed E-state index contributed by atoms with van der Waals surface area (Å²) in [5, 5.41) is 12.2. The molecule has 3 rings (SSSR count). The second-order valence-electron chi connectivity index (χ2n) is 6.49. The molecule has 0 aliphatic rings. The van der Waals surface area contributed by atoms with Gasteiger partial charge >= 0.3 is 0 Å². The van der Waals surface area contributed by atoms with Gasteiger partial charge in [-0.05, 0) is 54.2 Å². The zero-order valence-electron chi connectivity index (χ0n) is 14.1. The van der Waals surface area contributed by atoms with Gasteiger partial charge < -0.3 is 9.90 Å². The molecule has 4 nitrogen and oxygen atoms in total. The Labute approximate surface area is 146 Å². The first-order valence-electron chi connectivity index (χ1n) is 7.99. The van der Waals surface area contributed by atoms with Crippen LogP contribution in [0.1, 0.15) is 30.8 Å².